The van der Waals surface area contributed by atoms with Crippen LogP contribution >= 0.6 is 0 Å². The van der Waals surface area contributed by atoms with Crippen molar-refractivity contribution in [2.75, 3.05) is 19.7 Å². The van der Waals surface area contributed by atoms with E-state index in [0.717, 1.165) is 12.8 Å². The molecule has 0 aromatic rings. The third-order valence-corrected chi connectivity index (χ3v) is 3.44. The Bertz CT molecular complexity index is 353. The van der Waals surface area contributed by atoms with E-state index in [1.165, 1.54) is 0 Å². The van der Waals surface area contributed by atoms with E-state index in [1.54, 1.807) is 4.90 Å². The van der Waals surface area contributed by atoms with Gasteiger partial charge in [0.2, 0.25) is 5.91 Å². The number of carbonyl (C=O) groups is 2. The van der Waals surface area contributed by atoms with Gasteiger partial charge in [0.05, 0.1) is 19.1 Å². The zero-order valence-corrected chi connectivity index (χ0v) is 10.4. The van der Waals surface area contributed by atoms with Crippen LogP contribution in [-0.2, 0) is 14.3 Å². The number of ether oxygens (including phenoxy) is 1. The standard InChI is InChI=1S/C13H19NO4/c15-12(7-10-3-1-2-4-10)14-5-6-18-11(9-14)8-13(16)17/h1,3,10-11H,2,4-9H2,(H,16,17). The first-order valence-corrected chi connectivity index (χ1v) is 6.43. The molecule has 2 atom stereocenters. The largest absolute Gasteiger partial charge is 0.481 e. The molecule has 100 valence electrons. The number of carboxylic acids is 1. The molecule has 2 aliphatic rings. The molecule has 2 unspecified atom stereocenters. The average Bonchev–Trinajstić information content (AvgIpc) is 2.81. The molecule has 1 aliphatic heterocycles. The van der Waals surface area contributed by atoms with Gasteiger partial charge in [-0.2, -0.15) is 0 Å². The molecule has 0 spiro atoms. The molecule has 1 fully saturated rings. The fourth-order valence-corrected chi connectivity index (χ4v) is 2.48. The molecule has 5 nitrogen and oxygen atoms in total. The Hall–Kier alpha value is -1.36. The van der Waals surface area contributed by atoms with Crippen LogP contribution in [0.1, 0.15) is 25.7 Å². The summed E-state index contributed by atoms with van der Waals surface area (Å²) < 4.78 is 5.35. The van der Waals surface area contributed by atoms with E-state index in [9.17, 15) is 9.59 Å². The van der Waals surface area contributed by atoms with Crippen molar-refractivity contribution >= 4 is 11.9 Å². The zero-order valence-electron chi connectivity index (χ0n) is 10.4. The van der Waals surface area contributed by atoms with Crippen LogP contribution in [0.15, 0.2) is 12.2 Å². The van der Waals surface area contributed by atoms with Crippen molar-refractivity contribution in [2.24, 2.45) is 5.92 Å². The van der Waals surface area contributed by atoms with Crippen LogP contribution in [0.3, 0.4) is 0 Å². The highest BCUT2D eigenvalue weighted by atomic mass is 16.5. The third kappa shape index (κ3) is 3.57. The van der Waals surface area contributed by atoms with Crippen molar-refractivity contribution in [3.05, 3.63) is 12.2 Å². The molecule has 0 aromatic carbocycles. The average molecular weight is 253 g/mol. The van der Waals surface area contributed by atoms with Crippen molar-refractivity contribution in [2.45, 2.75) is 31.8 Å². The van der Waals surface area contributed by atoms with E-state index in [0.29, 0.717) is 32.0 Å². The summed E-state index contributed by atoms with van der Waals surface area (Å²) in [4.78, 5) is 24.4. The molecule has 18 heavy (non-hydrogen) atoms. The Balaban J connectivity index is 1.81. The van der Waals surface area contributed by atoms with Gasteiger partial charge in [0.1, 0.15) is 0 Å². The summed E-state index contributed by atoms with van der Waals surface area (Å²) in [5, 5.41) is 8.73. The second-order valence-electron chi connectivity index (χ2n) is 4.90. The quantitative estimate of drug-likeness (QED) is 0.760. The van der Waals surface area contributed by atoms with Gasteiger partial charge in [-0.25, -0.2) is 0 Å². The predicted molar refractivity (Wildman–Crippen MR) is 65.1 cm³/mol. The second-order valence-corrected chi connectivity index (χ2v) is 4.90. The summed E-state index contributed by atoms with van der Waals surface area (Å²) in [5.41, 5.74) is 0. The first-order valence-electron chi connectivity index (χ1n) is 6.43. The Kier molecular flexibility index (Phi) is 4.36. The minimum absolute atomic E-state index is 0.0346. The number of hydrogen-bond donors (Lipinski definition) is 1. The van der Waals surface area contributed by atoms with Gasteiger partial charge in [-0.3, -0.25) is 9.59 Å². The van der Waals surface area contributed by atoms with E-state index >= 15 is 0 Å². The highest BCUT2D eigenvalue weighted by Crippen LogP contribution is 2.22. The molecule has 1 amide bonds. The van der Waals surface area contributed by atoms with Crippen LogP contribution in [0.4, 0.5) is 0 Å². The highest BCUT2D eigenvalue weighted by Gasteiger charge is 2.27. The molecular weight excluding hydrogens is 234 g/mol. The van der Waals surface area contributed by atoms with E-state index < -0.39 is 5.97 Å². The van der Waals surface area contributed by atoms with Gasteiger partial charge >= 0.3 is 5.97 Å². The number of carbonyl (C=O) groups excluding carboxylic acids is 1. The van der Waals surface area contributed by atoms with Gasteiger partial charge in [0.15, 0.2) is 0 Å². The topological polar surface area (TPSA) is 66.8 Å². The molecule has 1 N–H and O–H groups in total. The molecule has 1 saturated heterocycles. The lowest BCUT2D eigenvalue weighted by molar-refractivity contribution is -0.148. The number of amides is 1. The molecule has 1 aliphatic carbocycles. The molecule has 0 aromatic heterocycles. The Morgan fingerprint density at radius 3 is 2.89 bits per heavy atom. The van der Waals surface area contributed by atoms with Crippen molar-refractivity contribution in [1.82, 2.24) is 4.90 Å². The highest BCUT2D eigenvalue weighted by molar-refractivity contribution is 5.77. The maximum Gasteiger partial charge on any atom is 0.306 e. The number of nitrogens with zero attached hydrogens (tertiary/aromatic N) is 1. The van der Waals surface area contributed by atoms with E-state index in [1.807, 2.05) is 0 Å². The van der Waals surface area contributed by atoms with Gasteiger partial charge in [-0.1, -0.05) is 12.2 Å². The van der Waals surface area contributed by atoms with Crippen molar-refractivity contribution in [1.29, 1.82) is 0 Å². The summed E-state index contributed by atoms with van der Waals surface area (Å²) in [6, 6.07) is 0. The normalized spacial score (nSPS) is 27.4. The number of aliphatic carboxylic acids is 1. The summed E-state index contributed by atoms with van der Waals surface area (Å²) in [7, 11) is 0. The number of rotatable bonds is 4. The van der Waals surface area contributed by atoms with E-state index in [2.05, 4.69) is 12.2 Å². The molecule has 0 bridgehead atoms. The summed E-state index contributed by atoms with van der Waals surface area (Å²) in [6.45, 7) is 1.41. The minimum Gasteiger partial charge on any atom is -0.481 e. The van der Waals surface area contributed by atoms with E-state index in [-0.39, 0.29) is 18.4 Å². The molecule has 0 saturated carbocycles. The molecular formula is C13H19NO4. The van der Waals surface area contributed by atoms with Crippen LogP contribution < -0.4 is 0 Å². The minimum atomic E-state index is -0.881. The lowest BCUT2D eigenvalue weighted by Gasteiger charge is -2.32. The monoisotopic (exact) mass is 253 g/mol. The van der Waals surface area contributed by atoms with Gasteiger partial charge in [0.25, 0.3) is 0 Å². The van der Waals surface area contributed by atoms with Crippen molar-refractivity contribution < 1.29 is 19.4 Å². The fraction of sp³-hybridized carbons (Fsp3) is 0.692. The summed E-state index contributed by atoms with van der Waals surface area (Å²) in [6.07, 6.45) is 6.47. The predicted octanol–water partition coefficient (Wildman–Crippen LogP) is 1.04. The zero-order chi connectivity index (χ0) is 13.0. The van der Waals surface area contributed by atoms with Crippen LogP contribution in [-0.4, -0.2) is 47.7 Å². The molecule has 5 heteroatoms. The second kappa shape index (κ2) is 6.00. The Labute approximate surface area is 106 Å². The summed E-state index contributed by atoms with van der Waals surface area (Å²) in [5.74, 6) is -0.406. The van der Waals surface area contributed by atoms with Crippen LogP contribution in [0.25, 0.3) is 0 Å². The lowest BCUT2D eigenvalue weighted by atomic mass is 10.0. The smallest absolute Gasteiger partial charge is 0.306 e. The van der Waals surface area contributed by atoms with Crippen LogP contribution in [0.5, 0.6) is 0 Å². The summed E-state index contributed by atoms with van der Waals surface area (Å²) >= 11 is 0. The SMILES string of the molecule is O=C(O)CC1CN(C(=O)CC2C=CCC2)CCO1. The van der Waals surface area contributed by atoms with Crippen molar-refractivity contribution in [3.63, 3.8) is 0 Å². The van der Waals surface area contributed by atoms with Crippen molar-refractivity contribution in [3.8, 4) is 0 Å². The van der Waals surface area contributed by atoms with Gasteiger partial charge < -0.3 is 14.7 Å². The maximum absolute atomic E-state index is 12.1. The van der Waals surface area contributed by atoms with E-state index in [4.69, 9.17) is 9.84 Å². The molecule has 0 radical (unpaired) electrons. The van der Waals surface area contributed by atoms with Gasteiger partial charge in [0, 0.05) is 19.5 Å². The molecule has 2 rings (SSSR count). The van der Waals surface area contributed by atoms with Gasteiger partial charge in [-0.15, -0.1) is 0 Å². The maximum atomic E-state index is 12.1. The van der Waals surface area contributed by atoms with Crippen LogP contribution in [0, 0.1) is 5.92 Å². The number of carboxylic acid groups (broad SMARTS) is 1. The number of morpholine rings is 1. The van der Waals surface area contributed by atoms with Gasteiger partial charge in [-0.05, 0) is 18.8 Å². The Morgan fingerprint density at radius 2 is 2.22 bits per heavy atom. The first kappa shape index (κ1) is 13.1. The van der Waals surface area contributed by atoms with Crippen LogP contribution in [0.2, 0.25) is 0 Å². The fourth-order valence-electron chi connectivity index (χ4n) is 2.48. The third-order valence-electron chi connectivity index (χ3n) is 3.44. The first-order chi connectivity index (χ1) is 8.65. The molecule has 1 heterocycles. The Morgan fingerprint density at radius 1 is 1.39 bits per heavy atom. The number of allylic oxidation sites excluding steroid dienone is 2. The number of hydrogen-bond acceptors (Lipinski definition) is 3. The lowest BCUT2D eigenvalue weighted by Crippen LogP contribution is -2.46.